The smallest absolute Gasteiger partial charge is 0.322 e. The summed E-state index contributed by atoms with van der Waals surface area (Å²) in [6, 6.07) is 15.3. The molecule has 33 heavy (non-hydrogen) atoms. The number of hydrogen-bond acceptors (Lipinski definition) is 4. The van der Waals surface area contributed by atoms with Crippen LogP contribution in [0.1, 0.15) is 30.9 Å². The number of likely N-dealkylation sites (N-methyl/N-ethyl adjacent to an activating group) is 1. The Kier molecular flexibility index (Phi) is 6.99. The third-order valence-electron chi connectivity index (χ3n) is 6.41. The molecule has 1 aliphatic heterocycles. The van der Waals surface area contributed by atoms with Crippen LogP contribution in [-0.4, -0.2) is 53.6 Å². The summed E-state index contributed by atoms with van der Waals surface area (Å²) in [7, 11) is 1.58. The van der Waals surface area contributed by atoms with E-state index in [1.807, 2.05) is 55.5 Å². The van der Waals surface area contributed by atoms with Gasteiger partial charge in [0.25, 0.3) is 5.56 Å². The monoisotopic (exact) mass is 448 g/mol. The summed E-state index contributed by atoms with van der Waals surface area (Å²) in [4.78, 5) is 33.4. The van der Waals surface area contributed by atoms with Crippen LogP contribution in [0.15, 0.2) is 53.3 Å². The predicted octanol–water partition coefficient (Wildman–Crippen LogP) is 4.36. The van der Waals surface area contributed by atoms with Crippen LogP contribution in [0.5, 0.6) is 5.75 Å². The molecule has 1 aromatic heterocycles. The van der Waals surface area contributed by atoms with Gasteiger partial charge in [0.15, 0.2) is 0 Å². The predicted molar refractivity (Wildman–Crippen MR) is 132 cm³/mol. The van der Waals surface area contributed by atoms with Crippen molar-refractivity contribution in [3.63, 3.8) is 0 Å². The molecule has 1 saturated heterocycles. The number of ether oxygens (including phenoxy) is 1. The number of nitrogens with zero attached hydrogens (tertiary/aromatic N) is 2. The number of nitrogens with one attached hydrogen (secondary N) is 2. The third-order valence-corrected chi connectivity index (χ3v) is 6.41. The lowest BCUT2D eigenvalue weighted by molar-refractivity contribution is 0.174. The zero-order valence-corrected chi connectivity index (χ0v) is 19.6. The molecular formula is C26H32N4O3. The molecule has 2 aromatic carbocycles. The summed E-state index contributed by atoms with van der Waals surface area (Å²) in [5, 5.41) is 3.94. The fourth-order valence-electron chi connectivity index (χ4n) is 4.62. The summed E-state index contributed by atoms with van der Waals surface area (Å²) in [6.07, 6.45) is 2.16. The molecule has 0 bridgehead atoms. The van der Waals surface area contributed by atoms with Gasteiger partial charge in [0.05, 0.1) is 19.3 Å². The van der Waals surface area contributed by atoms with Crippen LogP contribution >= 0.6 is 0 Å². The number of aromatic nitrogens is 1. The molecule has 1 atom stereocenters. The number of para-hydroxylation sites is 2. The van der Waals surface area contributed by atoms with E-state index in [9.17, 15) is 9.59 Å². The molecule has 1 fully saturated rings. The van der Waals surface area contributed by atoms with Crippen LogP contribution in [0.3, 0.4) is 0 Å². The van der Waals surface area contributed by atoms with Crippen molar-refractivity contribution >= 4 is 22.6 Å². The maximum absolute atomic E-state index is 13.4. The maximum atomic E-state index is 13.4. The third kappa shape index (κ3) is 5.20. The van der Waals surface area contributed by atoms with Gasteiger partial charge >= 0.3 is 6.03 Å². The minimum Gasteiger partial charge on any atom is -0.495 e. The van der Waals surface area contributed by atoms with Gasteiger partial charge in [-0.1, -0.05) is 31.2 Å². The molecule has 0 radical (unpaired) electrons. The fourth-order valence-corrected chi connectivity index (χ4v) is 4.62. The van der Waals surface area contributed by atoms with Crippen LogP contribution in [0.25, 0.3) is 10.9 Å². The molecule has 2 N–H and O–H groups in total. The van der Waals surface area contributed by atoms with Gasteiger partial charge in [0.2, 0.25) is 0 Å². The molecule has 3 aromatic rings. The number of amides is 2. The molecular weight excluding hydrogens is 416 g/mol. The van der Waals surface area contributed by atoms with Gasteiger partial charge in [-0.05, 0) is 68.1 Å². The van der Waals surface area contributed by atoms with Gasteiger partial charge in [-0.25, -0.2) is 4.79 Å². The van der Waals surface area contributed by atoms with Crippen LogP contribution in [0.2, 0.25) is 0 Å². The second-order valence-electron chi connectivity index (χ2n) is 8.65. The van der Waals surface area contributed by atoms with Crippen molar-refractivity contribution in [3.05, 3.63) is 70.0 Å². The first-order valence-corrected chi connectivity index (χ1v) is 11.5. The number of H-pyrrole nitrogens is 1. The summed E-state index contributed by atoms with van der Waals surface area (Å²) >= 11 is 0. The molecule has 1 aliphatic rings. The van der Waals surface area contributed by atoms with E-state index in [-0.39, 0.29) is 24.2 Å². The van der Waals surface area contributed by atoms with Gasteiger partial charge in [-0.3, -0.25) is 9.69 Å². The Labute approximate surface area is 194 Å². The molecule has 2 heterocycles. The summed E-state index contributed by atoms with van der Waals surface area (Å²) in [5.41, 5.74) is 2.91. The highest BCUT2D eigenvalue weighted by Crippen LogP contribution is 2.25. The Hall–Kier alpha value is -3.32. The first kappa shape index (κ1) is 22.9. The zero-order valence-electron chi connectivity index (χ0n) is 19.6. The van der Waals surface area contributed by atoms with E-state index >= 15 is 0 Å². The Bertz CT molecular complexity index is 1190. The van der Waals surface area contributed by atoms with Crippen LogP contribution in [0, 0.1) is 6.92 Å². The minimum absolute atomic E-state index is 0.165. The number of rotatable bonds is 7. The van der Waals surface area contributed by atoms with Crippen molar-refractivity contribution in [1.29, 1.82) is 0 Å². The number of carbonyl (C=O) groups is 1. The summed E-state index contributed by atoms with van der Waals surface area (Å²) in [5.74, 6) is 0.598. The molecule has 0 aliphatic carbocycles. The largest absolute Gasteiger partial charge is 0.495 e. The second-order valence-corrected chi connectivity index (χ2v) is 8.65. The van der Waals surface area contributed by atoms with Gasteiger partial charge < -0.3 is 19.9 Å². The fraction of sp³-hybridized carbons (Fsp3) is 0.385. The molecule has 7 heteroatoms. The molecule has 0 saturated carbocycles. The average molecular weight is 449 g/mol. The SMILES string of the molecule is CCN1CCCC1CN(Cc1cc2ccc(C)cc2[nH]c1=O)C(=O)Nc1ccccc1OC. The highest BCUT2D eigenvalue weighted by atomic mass is 16.5. The normalized spacial score (nSPS) is 16.2. The van der Waals surface area contributed by atoms with E-state index in [0.717, 1.165) is 42.4 Å². The van der Waals surface area contributed by atoms with E-state index in [1.165, 1.54) is 0 Å². The van der Waals surface area contributed by atoms with E-state index in [2.05, 4.69) is 22.1 Å². The van der Waals surface area contributed by atoms with Gasteiger partial charge in [0.1, 0.15) is 5.75 Å². The standard InChI is InChI=1S/C26H32N4O3/c1-4-29-13-7-8-21(29)17-30(26(32)28-22-9-5-6-10-24(22)33-3)16-20-15-19-12-11-18(2)14-23(19)27-25(20)31/h5-6,9-12,14-15,21H,4,7-8,13,16-17H2,1-3H3,(H,27,31)(H,28,32). The molecule has 2 amide bonds. The highest BCUT2D eigenvalue weighted by Gasteiger charge is 2.28. The summed E-state index contributed by atoms with van der Waals surface area (Å²) < 4.78 is 5.39. The molecule has 7 nitrogen and oxygen atoms in total. The number of fused-ring (bicyclic) bond motifs is 1. The lowest BCUT2D eigenvalue weighted by Gasteiger charge is -2.30. The van der Waals surface area contributed by atoms with Crippen molar-refractivity contribution in [3.8, 4) is 5.75 Å². The van der Waals surface area contributed by atoms with Crippen molar-refractivity contribution < 1.29 is 9.53 Å². The number of benzene rings is 2. The second kappa shape index (κ2) is 10.1. The molecule has 174 valence electrons. The Morgan fingerprint density at radius 2 is 2.06 bits per heavy atom. The number of aryl methyl sites for hydroxylation is 1. The van der Waals surface area contributed by atoms with Crippen molar-refractivity contribution in [2.24, 2.45) is 0 Å². The number of urea groups is 1. The maximum Gasteiger partial charge on any atom is 0.322 e. The van der Waals surface area contributed by atoms with Crippen molar-refractivity contribution in [2.45, 2.75) is 39.3 Å². The van der Waals surface area contributed by atoms with Crippen LogP contribution in [0.4, 0.5) is 10.5 Å². The van der Waals surface area contributed by atoms with E-state index in [1.54, 1.807) is 12.0 Å². The van der Waals surface area contributed by atoms with E-state index in [0.29, 0.717) is 23.5 Å². The van der Waals surface area contributed by atoms with Gasteiger partial charge in [0, 0.05) is 23.7 Å². The first-order chi connectivity index (χ1) is 16.0. The minimum atomic E-state index is -0.245. The Balaban J connectivity index is 1.63. The lowest BCUT2D eigenvalue weighted by atomic mass is 10.1. The zero-order chi connectivity index (χ0) is 23.4. The Morgan fingerprint density at radius 1 is 1.24 bits per heavy atom. The lowest BCUT2D eigenvalue weighted by Crippen LogP contribution is -2.45. The summed E-state index contributed by atoms with van der Waals surface area (Å²) in [6.45, 7) is 6.92. The van der Waals surface area contributed by atoms with Crippen LogP contribution in [-0.2, 0) is 6.54 Å². The Morgan fingerprint density at radius 3 is 2.85 bits per heavy atom. The van der Waals surface area contributed by atoms with Crippen molar-refractivity contribution in [2.75, 3.05) is 32.1 Å². The molecule has 0 spiro atoms. The first-order valence-electron chi connectivity index (χ1n) is 11.5. The number of carbonyl (C=O) groups excluding carboxylic acids is 1. The van der Waals surface area contributed by atoms with E-state index in [4.69, 9.17) is 4.74 Å². The highest BCUT2D eigenvalue weighted by molar-refractivity contribution is 5.91. The van der Waals surface area contributed by atoms with Gasteiger partial charge in [-0.15, -0.1) is 0 Å². The number of pyridine rings is 1. The number of hydrogen-bond donors (Lipinski definition) is 2. The number of aromatic amines is 1. The number of likely N-dealkylation sites (tertiary alicyclic amines) is 1. The van der Waals surface area contributed by atoms with Crippen LogP contribution < -0.4 is 15.6 Å². The molecule has 1 unspecified atom stereocenters. The van der Waals surface area contributed by atoms with Gasteiger partial charge in [-0.2, -0.15) is 0 Å². The number of anilines is 1. The molecule has 4 rings (SSSR count). The quantitative estimate of drug-likeness (QED) is 0.563. The topological polar surface area (TPSA) is 77.7 Å². The number of methoxy groups -OCH3 is 1. The van der Waals surface area contributed by atoms with Crippen molar-refractivity contribution in [1.82, 2.24) is 14.8 Å². The average Bonchev–Trinajstić information content (AvgIpc) is 3.26. The van der Waals surface area contributed by atoms with E-state index < -0.39 is 0 Å².